The molecule has 1 aliphatic rings. The van der Waals surface area contributed by atoms with Crippen LogP contribution in [0.2, 0.25) is 0 Å². The maximum atomic E-state index is 12.3. The number of benzene rings is 1. The summed E-state index contributed by atoms with van der Waals surface area (Å²) in [5.41, 5.74) is 0.983. The Morgan fingerprint density at radius 2 is 2.00 bits per heavy atom. The lowest BCUT2D eigenvalue weighted by Gasteiger charge is -2.28. The van der Waals surface area contributed by atoms with Crippen LogP contribution in [0.4, 0.5) is 10.5 Å². The molecule has 0 heterocycles. The molecule has 2 rings (SSSR count). The minimum Gasteiger partial charge on any atom is -0.443 e. The van der Waals surface area contributed by atoms with Crippen molar-refractivity contribution in [1.29, 1.82) is 0 Å². The van der Waals surface area contributed by atoms with Crippen LogP contribution in [0.3, 0.4) is 0 Å². The fraction of sp³-hybridized carbons (Fsp3) is 0.438. The van der Waals surface area contributed by atoms with E-state index in [1.807, 2.05) is 45.0 Å². The van der Waals surface area contributed by atoms with Gasteiger partial charge in [-0.2, -0.15) is 0 Å². The van der Waals surface area contributed by atoms with Gasteiger partial charge in [0.1, 0.15) is 5.60 Å². The number of rotatable bonds is 2. The van der Waals surface area contributed by atoms with Crippen LogP contribution >= 0.6 is 0 Å². The van der Waals surface area contributed by atoms with Crippen molar-refractivity contribution in [3.05, 3.63) is 29.8 Å². The fourth-order valence-electron chi connectivity index (χ4n) is 1.89. The fourth-order valence-corrected chi connectivity index (χ4v) is 1.89. The van der Waals surface area contributed by atoms with Crippen molar-refractivity contribution >= 4 is 11.8 Å². The Morgan fingerprint density at radius 1 is 1.37 bits per heavy atom. The summed E-state index contributed by atoms with van der Waals surface area (Å²) in [5.74, 6) is 2.63. The molecule has 0 spiro atoms. The maximum absolute atomic E-state index is 12.3. The Hall–Kier alpha value is -1.95. The van der Waals surface area contributed by atoms with Gasteiger partial charge in [-0.1, -0.05) is 18.1 Å². The van der Waals surface area contributed by atoms with E-state index >= 15 is 0 Å². The molecule has 0 N–H and O–H groups in total. The number of hydrogen-bond donors (Lipinski definition) is 0. The molecule has 0 radical (unpaired) electrons. The van der Waals surface area contributed by atoms with E-state index in [2.05, 4.69) is 5.92 Å². The second kappa shape index (κ2) is 4.97. The van der Waals surface area contributed by atoms with Crippen molar-refractivity contribution in [2.75, 3.05) is 4.90 Å². The summed E-state index contributed by atoms with van der Waals surface area (Å²) >= 11 is 0. The first-order valence-corrected chi connectivity index (χ1v) is 6.50. The lowest BCUT2D eigenvalue weighted by atomic mass is 10.1. The van der Waals surface area contributed by atoms with Crippen LogP contribution in [0.5, 0.6) is 0 Å². The van der Waals surface area contributed by atoms with E-state index in [-0.39, 0.29) is 12.1 Å². The van der Waals surface area contributed by atoms with Crippen LogP contribution in [-0.4, -0.2) is 17.7 Å². The van der Waals surface area contributed by atoms with Gasteiger partial charge in [0.15, 0.2) is 0 Å². The van der Waals surface area contributed by atoms with Crippen molar-refractivity contribution in [3.63, 3.8) is 0 Å². The van der Waals surface area contributed by atoms with Crippen LogP contribution in [0, 0.1) is 12.3 Å². The second-order valence-electron chi connectivity index (χ2n) is 5.74. The predicted octanol–water partition coefficient (Wildman–Crippen LogP) is 3.57. The monoisotopic (exact) mass is 257 g/mol. The van der Waals surface area contributed by atoms with Crippen LogP contribution < -0.4 is 4.90 Å². The molecule has 0 bridgehead atoms. The average Bonchev–Trinajstić information content (AvgIpc) is 3.12. The Labute approximate surface area is 114 Å². The molecule has 1 amide bonds. The summed E-state index contributed by atoms with van der Waals surface area (Å²) in [7, 11) is 0. The quantitative estimate of drug-likeness (QED) is 0.758. The van der Waals surface area contributed by atoms with E-state index in [4.69, 9.17) is 11.2 Å². The molecule has 1 aromatic rings. The van der Waals surface area contributed by atoms with Gasteiger partial charge in [0, 0.05) is 11.6 Å². The molecule has 0 saturated heterocycles. The van der Waals surface area contributed by atoms with E-state index in [1.54, 1.807) is 4.90 Å². The van der Waals surface area contributed by atoms with E-state index in [1.165, 1.54) is 0 Å². The number of anilines is 1. The zero-order chi connectivity index (χ0) is 14.0. The molecule has 0 aliphatic heterocycles. The van der Waals surface area contributed by atoms with Gasteiger partial charge in [-0.05, 0) is 45.7 Å². The highest BCUT2D eigenvalue weighted by Gasteiger charge is 2.37. The molecule has 0 aromatic heterocycles. The first-order valence-electron chi connectivity index (χ1n) is 6.50. The lowest BCUT2D eigenvalue weighted by molar-refractivity contribution is 0.0577. The summed E-state index contributed by atoms with van der Waals surface area (Å²) in [5, 5.41) is 0. The topological polar surface area (TPSA) is 29.5 Å². The molecular formula is C16H19NO2. The van der Waals surface area contributed by atoms with Gasteiger partial charge >= 0.3 is 6.09 Å². The Morgan fingerprint density at radius 3 is 2.53 bits per heavy atom. The molecule has 1 saturated carbocycles. The third-order valence-electron chi connectivity index (χ3n) is 2.82. The maximum Gasteiger partial charge on any atom is 0.415 e. The van der Waals surface area contributed by atoms with Crippen molar-refractivity contribution in [3.8, 4) is 12.3 Å². The standard InChI is InChI=1S/C16H19NO2/c1-5-12-8-6-7-9-14(12)17(13-10-11-13)15(18)19-16(2,3)4/h1,6-9,13H,10-11H2,2-4H3. The van der Waals surface area contributed by atoms with Crippen LogP contribution in [0.25, 0.3) is 0 Å². The zero-order valence-electron chi connectivity index (χ0n) is 11.6. The summed E-state index contributed by atoms with van der Waals surface area (Å²) in [6, 6.07) is 7.69. The van der Waals surface area contributed by atoms with E-state index in [0.29, 0.717) is 0 Å². The molecule has 19 heavy (non-hydrogen) atoms. The van der Waals surface area contributed by atoms with Crippen molar-refractivity contribution in [1.82, 2.24) is 0 Å². The first-order chi connectivity index (χ1) is 8.92. The van der Waals surface area contributed by atoms with Crippen LogP contribution in [-0.2, 0) is 4.74 Å². The predicted molar refractivity (Wildman–Crippen MR) is 76.1 cm³/mol. The normalized spacial score (nSPS) is 14.6. The third kappa shape index (κ3) is 3.29. The molecule has 0 unspecified atom stereocenters. The van der Waals surface area contributed by atoms with Gasteiger partial charge in [-0.15, -0.1) is 6.42 Å². The van der Waals surface area contributed by atoms with Gasteiger partial charge in [0.25, 0.3) is 0 Å². The highest BCUT2D eigenvalue weighted by Crippen LogP contribution is 2.34. The van der Waals surface area contributed by atoms with Gasteiger partial charge in [0.2, 0.25) is 0 Å². The van der Waals surface area contributed by atoms with E-state index < -0.39 is 5.60 Å². The van der Waals surface area contributed by atoms with Gasteiger partial charge in [-0.3, -0.25) is 4.90 Å². The Bertz CT molecular complexity index is 518. The summed E-state index contributed by atoms with van der Waals surface area (Å²) in [6.07, 6.45) is 7.18. The molecule has 100 valence electrons. The summed E-state index contributed by atoms with van der Waals surface area (Å²) in [4.78, 5) is 14.0. The van der Waals surface area contributed by atoms with Gasteiger partial charge in [0.05, 0.1) is 5.69 Å². The second-order valence-corrected chi connectivity index (χ2v) is 5.74. The van der Waals surface area contributed by atoms with Crippen LogP contribution in [0.15, 0.2) is 24.3 Å². The number of ether oxygens (including phenoxy) is 1. The Kier molecular flexibility index (Phi) is 3.53. The first kappa shape index (κ1) is 13.5. The molecule has 0 atom stereocenters. The van der Waals surface area contributed by atoms with Crippen molar-refractivity contribution in [2.45, 2.75) is 45.3 Å². The molecule has 1 aliphatic carbocycles. The van der Waals surface area contributed by atoms with E-state index in [9.17, 15) is 4.79 Å². The average molecular weight is 257 g/mol. The highest BCUT2D eigenvalue weighted by atomic mass is 16.6. The number of amides is 1. The lowest BCUT2D eigenvalue weighted by Crippen LogP contribution is -2.38. The van der Waals surface area contributed by atoms with Crippen LogP contribution in [0.1, 0.15) is 39.2 Å². The van der Waals surface area contributed by atoms with Gasteiger partial charge < -0.3 is 4.74 Å². The number of carbonyl (C=O) groups excluding carboxylic acids is 1. The SMILES string of the molecule is C#Cc1ccccc1N(C(=O)OC(C)(C)C)C1CC1. The number of hydrogen-bond acceptors (Lipinski definition) is 2. The number of nitrogens with zero attached hydrogens (tertiary/aromatic N) is 1. The molecule has 3 nitrogen and oxygen atoms in total. The van der Waals surface area contributed by atoms with Crippen molar-refractivity contribution in [2.24, 2.45) is 0 Å². The highest BCUT2D eigenvalue weighted by molar-refractivity contribution is 5.91. The summed E-state index contributed by atoms with van der Waals surface area (Å²) in [6.45, 7) is 5.59. The minimum absolute atomic E-state index is 0.212. The molecule has 1 aromatic carbocycles. The number of terminal acetylenes is 1. The minimum atomic E-state index is -0.505. The summed E-state index contributed by atoms with van der Waals surface area (Å²) < 4.78 is 5.47. The molecule has 1 fully saturated rings. The van der Waals surface area contributed by atoms with Crippen molar-refractivity contribution < 1.29 is 9.53 Å². The van der Waals surface area contributed by atoms with Gasteiger partial charge in [-0.25, -0.2) is 4.79 Å². The third-order valence-corrected chi connectivity index (χ3v) is 2.82. The number of para-hydroxylation sites is 1. The number of carbonyl (C=O) groups is 1. The Balaban J connectivity index is 2.31. The zero-order valence-corrected chi connectivity index (χ0v) is 11.6. The van der Waals surface area contributed by atoms with E-state index in [0.717, 1.165) is 24.1 Å². The molecule has 3 heteroatoms. The smallest absolute Gasteiger partial charge is 0.415 e. The molecular weight excluding hydrogens is 238 g/mol. The largest absolute Gasteiger partial charge is 0.443 e.